The summed E-state index contributed by atoms with van der Waals surface area (Å²) in [4.78, 5) is 37.2. The average molecular weight is 614 g/mol. The summed E-state index contributed by atoms with van der Waals surface area (Å²) in [7, 11) is 0. The molecule has 2 aromatic carbocycles. The lowest BCUT2D eigenvalue weighted by atomic mass is 9.92. The molecule has 5 heterocycles. The molecule has 232 valence electrons. The first-order valence-corrected chi connectivity index (χ1v) is 16.2. The van der Waals surface area contributed by atoms with Crippen LogP contribution >= 0.6 is 0 Å². The van der Waals surface area contributed by atoms with Gasteiger partial charge >= 0.3 is 6.03 Å². The van der Waals surface area contributed by atoms with Crippen LogP contribution < -0.4 is 16.0 Å². The number of carbonyl (C=O) groups is 2. The number of aryl methyl sites for hydroxylation is 1. The van der Waals surface area contributed by atoms with E-state index in [9.17, 15) is 9.59 Å². The van der Waals surface area contributed by atoms with Gasteiger partial charge in [-0.3, -0.25) is 19.8 Å². The van der Waals surface area contributed by atoms with Crippen molar-refractivity contribution in [1.29, 1.82) is 0 Å². The number of nitrogens with zero attached hydrogens (tertiary/aromatic N) is 6. The molecule has 0 radical (unpaired) electrons. The molecule has 1 aliphatic carbocycles. The first-order chi connectivity index (χ1) is 22.6. The Bertz CT molecular complexity index is 1970. The normalized spacial score (nSPS) is 16.9. The summed E-state index contributed by atoms with van der Waals surface area (Å²) in [5, 5.41) is 19.4. The van der Waals surface area contributed by atoms with Crippen molar-refractivity contribution in [3.05, 3.63) is 89.4 Å². The molecule has 46 heavy (non-hydrogen) atoms. The molecular weight excluding hydrogens is 578 g/mol. The van der Waals surface area contributed by atoms with E-state index in [4.69, 9.17) is 4.98 Å². The van der Waals surface area contributed by atoms with Crippen molar-refractivity contribution in [2.75, 3.05) is 29.0 Å². The van der Waals surface area contributed by atoms with E-state index < -0.39 is 6.03 Å². The summed E-state index contributed by atoms with van der Waals surface area (Å²) in [6, 6.07) is 17.1. The number of hydrogen-bond donors (Lipinski definition) is 3. The third kappa shape index (κ3) is 5.21. The Labute approximate surface area is 266 Å². The zero-order chi connectivity index (χ0) is 31.0. The van der Waals surface area contributed by atoms with Gasteiger partial charge in [0.2, 0.25) is 0 Å². The molecule has 0 bridgehead atoms. The maximum atomic E-state index is 13.1. The van der Waals surface area contributed by atoms with E-state index in [1.807, 2.05) is 46.1 Å². The number of carbonyl (C=O) groups excluding carboxylic acids is 2. The summed E-state index contributed by atoms with van der Waals surface area (Å²) in [5.74, 6) is 0.440. The van der Waals surface area contributed by atoms with E-state index >= 15 is 0 Å². The van der Waals surface area contributed by atoms with Crippen LogP contribution in [0.4, 0.5) is 22.0 Å². The topological polar surface area (TPSA) is 130 Å². The lowest BCUT2D eigenvalue weighted by Crippen LogP contribution is -2.32. The van der Waals surface area contributed by atoms with Gasteiger partial charge in [-0.25, -0.2) is 9.78 Å². The molecule has 5 aromatic rings. The molecule has 11 heteroatoms. The Morgan fingerprint density at radius 1 is 0.978 bits per heavy atom. The number of nitrogens with one attached hydrogen (secondary N) is 3. The fourth-order valence-corrected chi connectivity index (χ4v) is 7.19. The van der Waals surface area contributed by atoms with Crippen molar-refractivity contribution in [3.63, 3.8) is 0 Å². The maximum Gasteiger partial charge on any atom is 0.324 e. The Morgan fingerprint density at radius 2 is 1.89 bits per heavy atom. The predicted molar refractivity (Wildman–Crippen MR) is 177 cm³/mol. The second-order valence-electron chi connectivity index (χ2n) is 12.2. The van der Waals surface area contributed by atoms with Gasteiger partial charge in [-0.05, 0) is 80.8 Å². The number of pyridine rings is 2. The molecule has 1 saturated heterocycles. The third-order valence-electron chi connectivity index (χ3n) is 9.33. The Morgan fingerprint density at radius 3 is 2.85 bits per heavy atom. The molecule has 1 atom stereocenters. The average Bonchev–Trinajstić information content (AvgIpc) is 3.68. The molecule has 8 rings (SSSR count). The van der Waals surface area contributed by atoms with Crippen LogP contribution in [0.5, 0.6) is 0 Å². The van der Waals surface area contributed by atoms with E-state index in [1.165, 1.54) is 29.8 Å². The zero-order valence-corrected chi connectivity index (χ0v) is 25.5. The SMILES string of the molecule is O=C(Nc1cc(-c2cn(CCNc3c4c(nc5ccccc35)CCCC4)nn2)ccn1)Nc1cccc2c1[C@H]1CCCCN1C2=O. The smallest absolute Gasteiger partial charge is 0.324 e. The van der Waals surface area contributed by atoms with Crippen LogP contribution in [0.2, 0.25) is 0 Å². The number of amides is 3. The molecule has 0 unspecified atom stereocenters. The molecule has 3 amide bonds. The summed E-state index contributed by atoms with van der Waals surface area (Å²) >= 11 is 0. The van der Waals surface area contributed by atoms with Gasteiger partial charge in [0, 0.05) is 58.4 Å². The largest absolute Gasteiger partial charge is 0.382 e. The minimum atomic E-state index is -0.416. The molecule has 0 saturated carbocycles. The van der Waals surface area contributed by atoms with Crippen LogP contribution in [-0.4, -0.2) is 54.9 Å². The summed E-state index contributed by atoms with van der Waals surface area (Å²) in [6.45, 7) is 2.09. The quantitative estimate of drug-likeness (QED) is 0.199. The second kappa shape index (κ2) is 11.9. The molecule has 3 aromatic heterocycles. The van der Waals surface area contributed by atoms with Gasteiger partial charge in [0.05, 0.1) is 24.3 Å². The number of piperidine rings is 1. The monoisotopic (exact) mass is 613 g/mol. The van der Waals surface area contributed by atoms with E-state index in [0.717, 1.165) is 60.7 Å². The van der Waals surface area contributed by atoms with Crippen molar-refractivity contribution < 1.29 is 9.59 Å². The number of urea groups is 1. The van der Waals surface area contributed by atoms with Crippen LogP contribution in [0, 0.1) is 0 Å². The fraction of sp³-hybridized carbons (Fsp3) is 0.314. The number of hydrogen-bond acceptors (Lipinski definition) is 7. The van der Waals surface area contributed by atoms with Gasteiger partial charge in [-0.2, -0.15) is 0 Å². The number of aromatic nitrogens is 5. The van der Waals surface area contributed by atoms with Crippen molar-refractivity contribution in [1.82, 2.24) is 29.9 Å². The Kier molecular flexibility index (Phi) is 7.28. The van der Waals surface area contributed by atoms with Crippen LogP contribution in [0.15, 0.2) is 67.0 Å². The highest BCUT2D eigenvalue weighted by atomic mass is 16.2. The fourth-order valence-electron chi connectivity index (χ4n) is 7.19. The molecule has 2 aliphatic heterocycles. The summed E-state index contributed by atoms with van der Waals surface area (Å²) < 4.78 is 1.82. The number of rotatable bonds is 7. The first-order valence-electron chi connectivity index (χ1n) is 16.2. The number of anilines is 3. The van der Waals surface area contributed by atoms with Gasteiger partial charge < -0.3 is 15.5 Å². The van der Waals surface area contributed by atoms with E-state index in [0.29, 0.717) is 35.9 Å². The Hall–Kier alpha value is -5.32. The molecule has 1 fully saturated rings. The molecule has 11 nitrogen and oxygen atoms in total. The number of benzene rings is 2. The molecular formula is C35H35N9O2. The number of para-hydroxylation sites is 1. The van der Waals surface area contributed by atoms with E-state index in [1.54, 1.807) is 12.3 Å². The molecule has 0 spiro atoms. The van der Waals surface area contributed by atoms with Crippen LogP contribution in [-0.2, 0) is 19.4 Å². The number of fused-ring (bicyclic) bond motifs is 5. The van der Waals surface area contributed by atoms with E-state index in [-0.39, 0.29) is 11.9 Å². The first kappa shape index (κ1) is 28.2. The van der Waals surface area contributed by atoms with Gasteiger partial charge in [-0.15, -0.1) is 5.10 Å². The van der Waals surface area contributed by atoms with Crippen molar-refractivity contribution in [2.24, 2.45) is 0 Å². The van der Waals surface area contributed by atoms with Gasteiger partial charge in [0.15, 0.2) is 0 Å². The van der Waals surface area contributed by atoms with Gasteiger partial charge in [0.1, 0.15) is 11.5 Å². The minimum absolute atomic E-state index is 0.0152. The van der Waals surface area contributed by atoms with Crippen LogP contribution in [0.1, 0.15) is 65.3 Å². The minimum Gasteiger partial charge on any atom is -0.382 e. The van der Waals surface area contributed by atoms with Crippen LogP contribution in [0.25, 0.3) is 22.2 Å². The highest BCUT2D eigenvalue weighted by molar-refractivity contribution is 6.05. The lowest BCUT2D eigenvalue weighted by Gasteiger charge is -2.30. The zero-order valence-electron chi connectivity index (χ0n) is 25.5. The van der Waals surface area contributed by atoms with E-state index in [2.05, 4.69) is 49.4 Å². The highest BCUT2D eigenvalue weighted by Gasteiger charge is 2.39. The standard InChI is InChI=1S/C35H35N9O2/c45-34-25-10-7-13-28(32(25)30-14-5-6-18-44(30)34)39-35(46)40-31-20-22(15-16-36-31)29-21-43(42-41-29)19-17-37-33-23-8-1-3-11-26(23)38-27-12-4-2-9-24(27)33/h1,3,7-8,10-11,13,15-16,20-21,30H,2,4-6,9,12,14,17-19H2,(H,37,38)(H2,36,39,40,46)/t30-/m1/s1. The van der Waals surface area contributed by atoms with Crippen LogP contribution in [0.3, 0.4) is 0 Å². The molecule has 3 aliphatic rings. The predicted octanol–water partition coefficient (Wildman–Crippen LogP) is 6.20. The van der Waals surface area contributed by atoms with Crippen molar-refractivity contribution in [2.45, 2.75) is 57.5 Å². The molecule has 3 N–H and O–H groups in total. The summed E-state index contributed by atoms with van der Waals surface area (Å²) in [6.07, 6.45) is 11.0. The third-order valence-corrected chi connectivity index (χ3v) is 9.33. The summed E-state index contributed by atoms with van der Waals surface area (Å²) in [5.41, 5.74) is 8.50. The second-order valence-corrected chi connectivity index (χ2v) is 12.2. The van der Waals surface area contributed by atoms with Crippen molar-refractivity contribution >= 4 is 40.0 Å². The van der Waals surface area contributed by atoms with Gasteiger partial charge in [0.25, 0.3) is 5.91 Å². The van der Waals surface area contributed by atoms with Crippen molar-refractivity contribution in [3.8, 4) is 11.3 Å². The lowest BCUT2D eigenvalue weighted by molar-refractivity contribution is 0.0672. The highest BCUT2D eigenvalue weighted by Crippen LogP contribution is 2.43. The Balaban J connectivity index is 0.931. The maximum absolute atomic E-state index is 13.1. The van der Waals surface area contributed by atoms with Gasteiger partial charge in [-0.1, -0.05) is 29.5 Å².